The van der Waals surface area contributed by atoms with Crippen LogP contribution < -0.4 is 5.32 Å². The largest absolute Gasteiger partial charge is 0.309 e. The Bertz CT molecular complexity index is 536. The van der Waals surface area contributed by atoms with Gasteiger partial charge in [-0.3, -0.25) is 0 Å². The Labute approximate surface area is 113 Å². The molecule has 1 N–H and O–H groups in total. The van der Waals surface area contributed by atoms with Crippen molar-refractivity contribution in [3.63, 3.8) is 0 Å². The van der Waals surface area contributed by atoms with Crippen molar-refractivity contribution in [1.29, 1.82) is 0 Å². The van der Waals surface area contributed by atoms with Gasteiger partial charge in [0.15, 0.2) is 0 Å². The summed E-state index contributed by atoms with van der Waals surface area (Å²) in [5, 5.41) is 4.50. The summed E-state index contributed by atoms with van der Waals surface area (Å²) in [4.78, 5) is 0. The summed E-state index contributed by atoms with van der Waals surface area (Å²) in [7, 11) is 0. The third-order valence-electron chi connectivity index (χ3n) is 3.57. The molecule has 3 rings (SSSR count). The molecule has 92 valence electrons. The van der Waals surface area contributed by atoms with Gasteiger partial charge in [-0.25, -0.2) is 0 Å². The van der Waals surface area contributed by atoms with Crippen LogP contribution in [-0.2, 0) is 19.4 Å². The number of nitrogens with one attached hydrogen (secondary N) is 1. The molecule has 0 spiro atoms. The minimum Gasteiger partial charge on any atom is -0.309 e. The Hall–Kier alpha value is -1.31. The third kappa shape index (κ3) is 2.43. The van der Waals surface area contributed by atoms with Crippen molar-refractivity contribution in [3.05, 3.63) is 70.2 Å². The van der Waals surface area contributed by atoms with Crippen LogP contribution in [0.1, 0.15) is 16.7 Å². The highest BCUT2D eigenvalue weighted by Gasteiger charge is 2.19. The molecule has 1 aliphatic rings. The zero-order valence-corrected chi connectivity index (χ0v) is 11.0. The highest BCUT2D eigenvalue weighted by molar-refractivity contribution is 6.31. The first kappa shape index (κ1) is 11.8. The predicted octanol–water partition coefficient (Wildman–Crippen LogP) is 3.60. The van der Waals surface area contributed by atoms with Crippen molar-refractivity contribution in [2.45, 2.75) is 25.4 Å². The van der Waals surface area contributed by atoms with E-state index in [1.807, 2.05) is 12.1 Å². The Balaban J connectivity index is 1.77. The molecule has 0 radical (unpaired) electrons. The van der Waals surface area contributed by atoms with E-state index < -0.39 is 0 Å². The minimum absolute atomic E-state index is 0.486. The maximum absolute atomic E-state index is 6.28. The molecule has 1 heterocycles. The second kappa shape index (κ2) is 5.13. The summed E-state index contributed by atoms with van der Waals surface area (Å²) in [6, 6.07) is 17.3. The third-order valence-corrected chi connectivity index (χ3v) is 3.93. The SMILES string of the molecule is Clc1cccc2c1CC(Cc1ccccc1)NC2. The summed E-state index contributed by atoms with van der Waals surface area (Å²) < 4.78 is 0. The Morgan fingerprint density at radius 3 is 2.72 bits per heavy atom. The first-order chi connectivity index (χ1) is 8.83. The van der Waals surface area contributed by atoms with E-state index in [2.05, 4.69) is 41.7 Å². The highest BCUT2D eigenvalue weighted by Crippen LogP contribution is 2.25. The van der Waals surface area contributed by atoms with Gasteiger partial charge in [-0.1, -0.05) is 54.1 Å². The van der Waals surface area contributed by atoms with E-state index in [0.717, 1.165) is 24.4 Å². The van der Waals surface area contributed by atoms with Crippen LogP contribution in [-0.4, -0.2) is 6.04 Å². The van der Waals surface area contributed by atoms with Gasteiger partial charge in [-0.2, -0.15) is 0 Å². The van der Waals surface area contributed by atoms with Gasteiger partial charge in [0.1, 0.15) is 0 Å². The molecule has 1 nitrogen and oxygen atoms in total. The van der Waals surface area contributed by atoms with Gasteiger partial charge in [-0.05, 0) is 35.6 Å². The van der Waals surface area contributed by atoms with E-state index in [1.54, 1.807) is 0 Å². The Kier molecular flexibility index (Phi) is 3.35. The molecule has 0 amide bonds. The van der Waals surface area contributed by atoms with Crippen LogP contribution in [0.3, 0.4) is 0 Å². The molecule has 1 atom stereocenters. The minimum atomic E-state index is 0.486. The lowest BCUT2D eigenvalue weighted by Gasteiger charge is -2.27. The van der Waals surface area contributed by atoms with Crippen molar-refractivity contribution < 1.29 is 0 Å². The zero-order chi connectivity index (χ0) is 12.4. The van der Waals surface area contributed by atoms with Crippen molar-refractivity contribution in [1.82, 2.24) is 5.32 Å². The number of rotatable bonds is 2. The van der Waals surface area contributed by atoms with E-state index in [4.69, 9.17) is 11.6 Å². The predicted molar refractivity (Wildman–Crippen MR) is 75.9 cm³/mol. The second-order valence-electron chi connectivity index (χ2n) is 4.85. The zero-order valence-electron chi connectivity index (χ0n) is 10.2. The smallest absolute Gasteiger partial charge is 0.0441 e. The van der Waals surface area contributed by atoms with Gasteiger partial charge >= 0.3 is 0 Å². The van der Waals surface area contributed by atoms with Gasteiger partial charge in [0.05, 0.1) is 0 Å². The van der Waals surface area contributed by atoms with E-state index in [9.17, 15) is 0 Å². The Morgan fingerprint density at radius 1 is 1.06 bits per heavy atom. The van der Waals surface area contributed by atoms with Crippen LogP contribution in [0.25, 0.3) is 0 Å². The van der Waals surface area contributed by atoms with Gasteiger partial charge < -0.3 is 5.32 Å². The summed E-state index contributed by atoms with van der Waals surface area (Å²) >= 11 is 6.28. The van der Waals surface area contributed by atoms with E-state index >= 15 is 0 Å². The summed E-state index contributed by atoms with van der Waals surface area (Å²) in [5.41, 5.74) is 4.04. The van der Waals surface area contributed by atoms with Crippen LogP contribution in [0.15, 0.2) is 48.5 Å². The second-order valence-corrected chi connectivity index (χ2v) is 5.26. The average Bonchev–Trinajstić information content (AvgIpc) is 2.41. The topological polar surface area (TPSA) is 12.0 Å². The lowest BCUT2D eigenvalue weighted by atomic mass is 9.92. The summed E-state index contributed by atoms with van der Waals surface area (Å²) in [6.07, 6.45) is 2.08. The normalized spacial score (nSPS) is 18.4. The number of halogens is 1. The molecular weight excluding hydrogens is 242 g/mol. The van der Waals surface area contributed by atoms with Crippen LogP contribution in [0, 0.1) is 0 Å². The molecule has 1 unspecified atom stereocenters. The number of hydrogen-bond acceptors (Lipinski definition) is 1. The molecular formula is C16H16ClN. The van der Waals surface area contributed by atoms with Crippen molar-refractivity contribution in [2.75, 3.05) is 0 Å². The first-order valence-electron chi connectivity index (χ1n) is 6.36. The van der Waals surface area contributed by atoms with Gasteiger partial charge in [-0.15, -0.1) is 0 Å². The Morgan fingerprint density at radius 2 is 1.89 bits per heavy atom. The first-order valence-corrected chi connectivity index (χ1v) is 6.74. The van der Waals surface area contributed by atoms with Crippen LogP contribution in [0.2, 0.25) is 5.02 Å². The van der Waals surface area contributed by atoms with Crippen molar-refractivity contribution in [3.8, 4) is 0 Å². The molecule has 0 saturated heterocycles. The lowest BCUT2D eigenvalue weighted by Crippen LogP contribution is -2.37. The van der Waals surface area contributed by atoms with Crippen LogP contribution in [0.4, 0.5) is 0 Å². The number of fused-ring (bicyclic) bond motifs is 1. The summed E-state index contributed by atoms with van der Waals surface area (Å²) in [5.74, 6) is 0. The number of benzene rings is 2. The fourth-order valence-electron chi connectivity index (χ4n) is 2.61. The van der Waals surface area contributed by atoms with E-state index in [0.29, 0.717) is 6.04 Å². The van der Waals surface area contributed by atoms with Crippen molar-refractivity contribution >= 4 is 11.6 Å². The highest BCUT2D eigenvalue weighted by atomic mass is 35.5. The maximum atomic E-state index is 6.28. The van der Waals surface area contributed by atoms with Gasteiger partial charge in [0.25, 0.3) is 0 Å². The van der Waals surface area contributed by atoms with Gasteiger partial charge in [0.2, 0.25) is 0 Å². The fourth-order valence-corrected chi connectivity index (χ4v) is 2.88. The molecule has 0 aromatic heterocycles. The molecule has 0 aliphatic carbocycles. The lowest BCUT2D eigenvalue weighted by molar-refractivity contribution is 0.477. The van der Waals surface area contributed by atoms with Gasteiger partial charge in [0, 0.05) is 17.6 Å². The molecule has 0 fully saturated rings. The van der Waals surface area contributed by atoms with E-state index in [-0.39, 0.29) is 0 Å². The summed E-state index contributed by atoms with van der Waals surface area (Å²) in [6.45, 7) is 0.924. The quantitative estimate of drug-likeness (QED) is 0.867. The molecule has 2 aromatic rings. The number of hydrogen-bond donors (Lipinski definition) is 1. The molecule has 18 heavy (non-hydrogen) atoms. The molecule has 0 bridgehead atoms. The van der Waals surface area contributed by atoms with Crippen molar-refractivity contribution in [2.24, 2.45) is 0 Å². The molecule has 1 aliphatic heterocycles. The standard InChI is InChI=1S/C16H16ClN/c17-16-8-4-7-13-11-18-14(10-15(13)16)9-12-5-2-1-3-6-12/h1-8,14,18H,9-11H2. The molecule has 2 aromatic carbocycles. The van der Waals surface area contributed by atoms with Crippen LogP contribution >= 0.6 is 11.6 Å². The van der Waals surface area contributed by atoms with Crippen LogP contribution in [0.5, 0.6) is 0 Å². The monoisotopic (exact) mass is 257 g/mol. The maximum Gasteiger partial charge on any atom is 0.0441 e. The average molecular weight is 258 g/mol. The molecule has 2 heteroatoms. The fraction of sp³-hybridized carbons (Fsp3) is 0.250. The van der Waals surface area contributed by atoms with E-state index in [1.165, 1.54) is 16.7 Å². The molecule has 0 saturated carbocycles.